The third kappa shape index (κ3) is 1.25. The van der Waals surface area contributed by atoms with Crippen molar-refractivity contribution in [1.29, 1.82) is 0 Å². The summed E-state index contributed by atoms with van der Waals surface area (Å²) < 4.78 is 0. The number of benzene rings is 1. The van der Waals surface area contributed by atoms with Crippen LogP contribution in [0.25, 0.3) is 0 Å². The summed E-state index contributed by atoms with van der Waals surface area (Å²) in [4.78, 5) is 10.8. The highest BCUT2D eigenvalue weighted by Crippen LogP contribution is 2.23. The molecule has 0 atom stereocenters. The van der Waals surface area contributed by atoms with Crippen molar-refractivity contribution < 1.29 is 4.79 Å². The Balaban J connectivity index is 2.45. The molecular weight excluding hydrogens is 172 g/mol. The molecule has 2 rings (SSSR count). The summed E-state index contributed by atoms with van der Waals surface area (Å²) in [6.07, 6.45) is 3.44. The smallest absolute Gasteiger partial charge is 0.252 e. The fourth-order valence-corrected chi connectivity index (χ4v) is 1.81. The molecule has 1 aromatic carbocycles. The Kier molecular flexibility index (Phi) is 1.89. The van der Waals surface area contributed by atoms with Crippen LogP contribution in [0.5, 0.6) is 0 Å². The van der Waals surface area contributed by atoms with E-state index in [9.17, 15) is 4.79 Å². The van der Waals surface area contributed by atoms with Crippen LogP contribution in [-0.4, -0.2) is 5.24 Å². The zero-order chi connectivity index (χ0) is 8.55. The normalized spacial score (nSPS) is 14.4. The zero-order valence-corrected chi connectivity index (χ0v) is 7.40. The monoisotopic (exact) mass is 180 g/mol. The molecule has 0 heterocycles. The van der Waals surface area contributed by atoms with E-state index in [-0.39, 0.29) is 5.24 Å². The van der Waals surface area contributed by atoms with Gasteiger partial charge in [-0.15, -0.1) is 0 Å². The number of halogens is 1. The maximum absolute atomic E-state index is 10.8. The van der Waals surface area contributed by atoms with E-state index in [1.165, 1.54) is 17.5 Å². The first kappa shape index (κ1) is 7.81. The summed E-state index contributed by atoms with van der Waals surface area (Å²) in [5.41, 5.74) is 3.29. The minimum Gasteiger partial charge on any atom is -0.276 e. The van der Waals surface area contributed by atoms with E-state index >= 15 is 0 Å². The van der Waals surface area contributed by atoms with E-state index in [1.807, 2.05) is 12.1 Å². The number of carbonyl (C=O) groups is 1. The van der Waals surface area contributed by atoms with E-state index < -0.39 is 0 Å². The Labute approximate surface area is 76.4 Å². The topological polar surface area (TPSA) is 17.1 Å². The largest absolute Gasteiger partial charge is 0.276 e. The molecule has 0 bridgehead atoms. The first-order chi connectivity index (χ1) is 5.77. The molecule has 1 aliphatic carbocycles. The van der Waals surface area contributed by atoms with Gasteiger partial charge in [-0.3, -0.25) is 4.79 Å². The number of carbonyl (C=O) groups excluding carboxylic acids is 1. The summed E-state index contributed by atoms with van der Waals surface area (Å²) in [7, 11) is 0. The molecule has 1 aromatic rings. The Morgan fingerprint density at radius 1 is 1.25 bits per heavy atom. The predicted octanol–water partition coefficient (Wildman–Crippen LogP) is 2.55. The van der Waals surface area contributed by atoms with Crippen molar-refractivity contribution in [3.8, 4) is 0 Å². The molecule has 0 saturated heterocycles. The van der Waals surface area contributed by atoms with Gasteiger partial charge in [0.2, 0.25) is 0 Å². The third-order valence-corrected chi connectivity index (χ3v) is 2.54. The average molecular weight is 181 g/mol. The van der Waals surface area contributed by atoms with Gasteiger partial charge in [0.25, 0.3) is 5.24 Å². The molecule has 0 aromatic heterocycles. The predicted molar refractivity (Wildman–Crippen MR) is 48.7 cm³/mol. The van der Waals surface area contributed by atoms with Gasteiger partial charge in [0, 0.05) is 5.56 Å². The van der Waals surface area contributed by atoms with E-state index in [4.69, 9.17) is 11.6 Å². The Hall–Kier alpha value is -0.820. The molecular formula is C10H9ClO. The minimum atomic E-state index is -0.357. The molecule has 0 aliphatic heterocycles. The second kappa shape index (κ2) is 2.91. The van der Waals surface area contributed by atoms with Gasteiger partial charge in [-0.05, 0) is 54.1 Å². The Morgan fingerprint density at radius 2 is 2.00 bits per heavy atom. The summed E-state index contributed by atoms with van der Waals surface area (Å²) in [6.45, 7) is 0. The maximum atomic E-state index is 10.8. The molecule has 1 aliphatic rings. The molecule has 0 radical (unpaired) electrons. The first-order valence-electron chi connectivity index (χ1n) is 4.09. The van der Waals surface area contributed by atoms with Crippen molar-refractivity contribution in [2.75, 3.05) is 0 Å². The van der Waals surface area contributed by atoms with Gasteiger partial charge in [-0.1, -0.05) is 6.07 Å². The van der Waals surface area contributed by atoms with Crippen LogP contribution in [0.4, 0.5) is 0 Å². The van der Waals surface area contributed by atoms with Crippen LogP contribution in [0.15, 0.2) is 18.2 Å². The maximum Gasteiger partial charge on any atom is 0.252 e. The van der Waals surface area contributed by atoms with Gasteiger partial charge < -0.3 is 0 Å². The van der Waals surface area contributed by atoms with E-state index in [1.54, 1.807) is 6.07 Å². The number of rotatable bonds is 1. The van der Waals surface area contributed by atoms with Gasteiger partial charge in [0.15, 0.2) is 0 Å². The Morgan fingerprint density at radius 3 is 2.75 bits per heavy atom. The molecule has 0 N–H and O–H groups in total. The average Bonchev–Trinajstić information content (AvgIpc) is 2.49. The number of hydrogen-bond acceptors (Lipinski definition) is 1. The highest BCUT2D eigenvalue weighted by molar-refractivity contribution is 6.67. The first-order valence-corrected chi connectivity index (χ1v) is 4.47. The third-order valence-electron chi connectivity index (χ3n) is 2.33. The molecule has 0 saturated carbocycles. The van der Waals surface area contributed by atoms with E-state index in [0.717, 1.165) is 12.8 Å². The highest BCUT2D eigenvalue weighted by atomic mass is 35.5. The van der Waals surface area contributed by atoms with Crippen molar-refractivity contribution in [1.82, 2.24) is 0 Å². The van der Waals surface area contributed by atoms with Crippen molar-refractivity contribution in [2.45, 2.75) is 19.3 Å². The molecule has 0 spiro atoms. The van der Waals surface area contributed by atoms with Crippen LogP contribution in [0, 0.1) is 0 Å². The minimum absolute atomic E-state index is 0.357. The zero-order valence-electron chi connectivity index (χ0n) is 6.64. The van der Waals surface area contributed by atoms with Crippen molar-refractivity contribution in [3.63, 3.8) is 0 Å². The summed E-state index contributed by atoms with van der Waals surface area (Å²) in [5, 5.41) is -0.357. The quantitative estimate of drug-likeness (QED) is 0.607. The van der Waals surface area contributed by atoms with E-state index in [0.29, 0.717) is 5.56 Å². The summed E-state index contributed by atoms with van der Waals surface area (Å²) >= 11 is 5.37. The van der Waals surface area contributed by atoms with Crippen LogP contribution >= 0.6 is 11.6 Å². The van der Waals surface area contributed by atoms with Crippen LogP contribution in [0.1, 0.15) is 27.9 Å². The number of fused-ring (bicyclic) bond motifs is 1. The van der Waals surface area contributed by atoms with Crippen LogP contribution in [0.2, 0.25) is 0 Å². The lowest BCUT2D eigenvalue weighted by atomic mass is 10.1. The van der Waals surface area contributed by atoms with Gasteiger partial charge >= 0.3 is 0 Å². The standard InChI is InChI=1S/C10H9ClO/c11-10(12)9-5-4-7-2-1-3-8(7)6-9/h4-6H,1-3H2. The summed E-state index contributed by atoms with van der Waals surface area (Å²) in [6, 6.07) is 5.73. The van der Waals surface area contributed by atoms with Crippen molar-refractivity contribution in [2.24, 2.45) is 0 Å². The van der Waals surface area contributed by atoms with Gasteiger partial charge in [-0.2, -0.15) is 0 Å². The Bertz CT molecular complexity index is 331. The molecule has 0 unspecified atom stereocenters. The molecule has 2 heteroatoms. The molecule has 0 fully saturated rings. The van der Waals surface area contributed by atoms with Crippen molar-refractivity contribution >= 4 is 16.8 Å². The molecule has 0 amide bonds. The van der Waals surface area contributed by atoms with E-state index in [2.05, 4.69) is 0 Å². The molecule has 1 nitrogen and oxygen atoms in total. The lowest BCUT2D eigenvalue weighted by Gasteiger charge is -1.99. The van der Waals surface area contributed by atoms with Crippen LogP contribution in [0.3, 0.4) is 0 Å². The SMILES string of the molecule is O=C(Cl)c1ccc2c(c1)CCC2. The summed E-state index contributed by atoms with van der Waals surface area (Å²) in [5.74, 6) is 0. The molecule has 62 valence electrons. The van der Waals surface area contributed by atoms with Gasteiger partial charge in [0.05, 0.1) is 0 Å². The fourth-order valence-electron chi connectivity index (χ4n) is 1.69. The lowest BCUT2D eigenvalue weighted by Crippen LogP contribution is -1.91. The van der Waals surface area contributed by atoms with Gasteiger partial charge in [-0.25, -0.2) is 0 Å². The highest BCUT2D eigenvalue weighted by Gasteiger charge is 2.12. The van der Waals surface area contributed by atoms with Crippen molar-refractivity contribution in [3.05, 3.63) is 34.9 Å². The molecule has 12 heavy (non-hydrogen) atoms. The van der Waals surface area contributed by atoms with Gasteiger partial charge in [0.1, 0.15) is 0 Å². The second-order valence-corrected chi connectivity index (χ2v) is 3.45. The lowest BCUT2D eigenvalue weighted by molar-refractivity contribution is 0.108. The number of aryl methyl sites for hydroxylation is 2. The number of hydrogen-bond donors (Lipinski definition) is 0. The fraction of sp³-hybridized carbons (Fsp3) is 0.300. The van der Waals surface area contributed by atoms with Crippen LogP contribution < -0.4 is 0 Å². The second-order valence-electron chi connectivity index (χ2n) is 3.11. The van der Waals surface area contributed by atoms with Crippen LogP contribution in [-0.2, 0) is 12.8 Å².